The molecule has 1 aromatic rings. The Hall–Kier alpha value is -0.810. The first kappa shape index (κ1) is 18.2. The molecule has 0 fully saturated rings. The Kier molecular flexibility index (Phi) is 9.42. The molecular formula is C16H26ClNO3. The van der Waals surface area contributed by atoms with E-state index in [1.54, 1.807) is 7.11 Å². The van der Waals surface area contributed by atoms with Gasteiger partial charge in [-0.1, -0.05) is 24.6 Å². The lowest BCUT2D eigenvalue weighted by atomic mass is 10.0. The summed E-state index contributed by atoms with van der Waals surface area (Å²) in [5.41, 5.74) is 7.01. The number of rotatable bonds is 11. The van der Waals surface area contributed by atoms with E-state index in [2.05, 4.69) is 6.92 Å². The second-order valence-corrected chi connectivity index (χ2v) is 5.30. The molecule has 5 heteroatoms. The van der Waals surface area contributed by atoms with Gasteiger partial charge in [0.1, 0.15) is 5.75 Å². The van der Waals surface area contributed by atoms with Crippen molar-refractivity contribution in [2.75, 3.05) is 33.5 Å². The molecule has 0 radical (unpaired) electrons. The van der Waals surface area contributed by atoms with Gasteiger partial charge < -0.3 is 19.9 Å². The average Bonchev–Trinajstić information content (AvgIpc) is 2.49. The second kappa shape index (κ2) is 10.9. The molecule has 0 aromatic heterocycles. The van der Waals surface area contributed by atoms with Crippen molar-refractivity contribution in [3.8, 4) is 5.75 Å². The third-order valence-electron chi connectivity index (χ3n) is 3.19. The SMILES string of the molecule is CCC(N)Cc1c(Cl)cccc1OCCCOCCOC. The van der Waals surface area contributed by atoms with E-state index in [4.69, 9.17) is 31.5 Å². The van der Waals surface area contributed by atoms with Gasteiger partial charge in [0.2, 0.25) is 0 Å². The predicted molar refractivity (Wildman–Crippen MR) is 86.2 cm³/mol. The minimum Gasteiger partial charge on any atom is -0.493 e. The smallest absolute Gasteiger partial charge is 0.124 e. The van der Waals surface area contributed by atoms with Crippen molar-refractivity contribution in [2.45, 2.75) is 32.2 Å². The van der Waals surface area contributed by atoms with Gasteiger partial charge in [0.25, 0.3) is 0 Å². The van der Waals surface area contributed by atoms with E-state index >= 15 is 0 Å². The number of ether oxygens (including phenoxy) is 3. The van der Waals surface area contributed by atoms with E-state index < -0.39 is 0 Å². The number of nitrogens with two attached hydrogens (primary N) is 1. The molecule has 0 saturated heterocycles. The number of hydrogen-bond donors (Lipinski definition) is 1. The molecule has 1 aromatic carbocycles. The molecule has 0 aliphatic carbocycles. The Labute approximate surface area is 132 Å². The fraction of sp³-hybridized carbons (Fsp3) is 0.625. The normalized spacial score (nSPS) is 12.4. The number of methoxy groups -OCH3 is 1. The van der Waals surface area contributed by atoms with Crippen molar-refractivity contribution in [1.29, 1.82) is 0 Å². The average molecular weight is 316 g/mol. The summed E-state index contributed by atoms with van der Waals surface area (Å²) in [5.74, 6) is 0.822. The zero-order valence-electron chi connectivity index (χ0n) is 12.9. The van der Waals surface area contributed by atoms with Crippen LogP contribution in [0, 0.1) is 0 Å². The van der Waals surface area contributed by atoms with Gasteiger partial charge in [0.05, 0.1) is 19.8 Å². The van der Waals surface area contributed by atoms with Gasteiger partial charge in [-0.2, -0.15) is 0 Å². The Morgan fingerprint density at radius 2 is 2.00 bits per heavy atom. The van der Waals surface area contributed by atoms with Gasteiger partial charge in [0, 0.05) is 36.8 Å². The lowest BCUT2D eigenvalue weighted by Gasteiger charge is -2.16. The maximum Gasteiger partial charge on any atom is 0.124 e. The van der Waals surface area contributed by atoms with Crippen molar-refractivity contribution in [3.63, 3.8) is 0 Å². The van der Waals surface area contributed by atoms with Gasteiger partial charge in [0.15, 0.2) is 0 Å². The molecule has 1 unspecified atom stereocenters. The molecule has 4 nitrogen and oxygen atoms in total. The van der Waals surface area contributed by atoms with Crippen LogP contribution in [0.5, 0.6) is 5.75 Å². The van der Waals surface area contributed by atoms with Gasteiger partial charge >= 0.3 is 0 Å². The molecule has 0 aliphatic heterocycles. The molecule has 0 bridgehead atoms. The molecule has 0 heterocycles. The molecule has 1 rings (SSSR count). The summed E-state index contributed by atoms with van der Waals surface area (Å²) in [6.45, 7) is 4.56. The quantitative estimate of drug-likeness (QED) is 0.638. The van der Waals surface area contributed by atoms with Gasteiger partial charge in [-0.05, 0) is 25.0 Å². The molecule has 1 atom stereocenters. The van der Waals surface area contributed by atoms with Crippen molar-refractivity contribution >= 4 is 11.6 Å². The fourth-order valence-electron chi connectivity index (χ4n) is 1.87. The number of halogens is 1. The van der Waals surface area contributed by atoms with Crippen LogP contribution in [-0.4, -0.2) is 39.6 Å². The summed E-state index contributed by atoms with van der Waals surface area (Å²) >= 11 is 6.25. The first-order valence-electron chi connectivity index (χ1n) is 7.41. The van der Waals surface area contributed by atoms with Crippen molar-refractivity contribution in [1.82, 2.24) is 0 Å². The topological polar surface area (TPSA) is 53.7 Å². The summed E-state index contributed by atoms with van der Waals surface area (Å²) in [4.78, 5) is 0. The lowest BCUT2D eigenvalue weighted by molar-refractivity contribution is 0.0644. The maximum atomic E-state index is 6.25. The highest BCUT2D eigenvalue weighted by Crippen LogP contribution is 2.28. The van der Waals surface area contributed by atoms with Crippen LogP contribution < -0.4 is 10.5 Å². The Morgan fingerprint density at radius 3 is 2.71 bits per heavy atom. The predicted octanol–water partition coefficient (Wildman–Crippen LogP) is 3.05. The molecular weight excluding hydrogens is 290 g/mol. The third kappa shape index (κ3) is 7.14. The summed E-state index contributed by atoms with van der Waals surface area (Å²) < 4.78 is 16.1. The van der Waals surface area contributed by atoms with Crippen LogP contribution in [0.3, 0.4) is 0 Å². The Morgan fingerprint density at radius 1 is 1.19 bits per heavy atom. The minimum atomic E-state index is 0.102. The van der Waals surface area contributed by atoms with Gasteiger partial charge in [-0.25, -0.2) is 0 Å². The van der Waals surface area contributed by atoms with Crippen LogP contribution in [0.15, 0.2) is 18.2 Å². The van der Waals surface area contributed by atoms with Crippen molar-refractivity contribution in [2.24, 2.45) is 5.73 Å². The maximum absolute atomic E-state index is 6.25. The van der Waals surface area contributed by atoms with E-state index in [9.17, 15) is 0 Å². The van der Waals surface area contributed by atoms with E-state index in [0.29, 0.717) is 31.5 Å². The zero-order valence-corrected chi connectivity index (χ0v) is 13.7. The highest BCUT2D eigenvalue weighted by atomic mass is 35.5. The lowest BCUT2D eigenvalue weighted by Crippen LogP contribution is -2.22. The third-order valence-corrected chi connectivity index (χ3v) is 3.54. The van der Waals surface area contributed by atoms with E-state index in [0.717, 1.165) is 30.6 Å². The van der Waals surface area contributed by atoms with E-state index in [1.807, 2.05) is 18.2 Å². The Balaban J connectivity index is 2.41. The summed E-state index contributed by atoms with van der Waals surface area (Å²) in [5, 5.41) is 0.716. The van der Waals surface area contributed by atoms with Gasteiger partial charge in [-0.15, -0.1) is 0 Å². The van der Waals surface area contributed by atoms with E-state index in [-0.39, 0.29) is 6.04 Å². The van der Waals surface area contributed by atoms with Crippen LogP contribution >= 0.6 is 11.6 Å². The Bertz CT molecular complexity index is 401. The molecule has 120 valence electrons. The van der Waals surface area contributed by atoms with Crippen LogP contribution in [0.1, 0.15) is 25.3 Å². The summed E-state index contributed by atoms with van der Waals surface area (Å²) in [6.07, 6.45) is 2.48. The van der Waals surface area contributed by atoms with Crippen molar-refractivity contribution < 1.29 is 14.2 Å². The van der Waals surface area contributed by atoms with E-state index in [1.165, 1.54) is 0 Å². The van der Waals surface area contributed by atoms with Gasteiger partial charge in [-0.3, -0.25) is 0 Å². The van der Waals surface area contributed by atoms with Crippen LogP contribution in [0.2, 0.25) is 5.02 Å². The minimum absolute atomic E-state index is 0.102. The zero-order chi connectivity index (χ0) is 15.5. The molecule has 2 N–H and O–H groups in total. The largest absolute Gasteiger partial charge is 0.493 e. The molecule has 21 heavy (non-hydrogen) atoms. The number of benzene rings is 1. The first-order valence-corrected chi connectivity index (χ1v) is 7.79. The number of hydrogen-bond acceptors (Lipinski definition) is 4. The van der Waals surface area contributed by atoms with Crippen molar-refractivity contribution in [3.05, 3.63) is 28.8 Å². The monoisotopic (exact) mass is 315 g/mol. The molecule has 0 spiro atoms. The van der Waals surface area contributed by atoms with Crippen LogP contribution in [0.4, 0.5) is 0 Å². The molecule has 0 aliphatic rings. The first-order chi connectivity index (χ1) is 10.2. The molecule has 0 saturated carbocycles. The fourth-order valence-corrected chi connectivity index (χ4v) is 2.11. The summed E-state index contributed by atoms with van der Waals surface area (Å²) in [6, 6.07) is 5.81. The highest BCUT2D eigenvalue weighted by Gasteiger charge is 2.11. The van der Waals surface area contributed by atoms with Crippen LogP contribution in [0.25, 0.3) is 0 Å². The standard InChI is InChI=1S/C16H26ClNO3/c1-3-13(18)12-14-15(17)6-4-7-16(14)21-9-5-8-20-11-10-19-2/h4,6-7,13H,3,5,8-12,18H2,1-2H3. The summed E-state index contributed by atoms with van der Waals surface area (Å²) in [7, 11) is 1.66. The second-order valence-electron chi connectivity index (χ2n) is 4.90. The highest BCUT2D eigenvalue weighted by molar-refractivity contribution is 6.31. The van der Waals surface area contributed by atoms with Crippen LogP contribution in [-0.2, 0) is 15.9 Å². The molecule has 0 amide bonds.